The van der Waals surface area contributed by atoms with Gasteiger partial charge in [0.05, 0.1) is 23.8 Å². The van der Waals surface area contributed by atoms with E-state index in [1.165, 1.54) is 5.56 Å². The Bertz CT molecular complexity index is 993. The van der Waals surface area contributed by atoms with Crippen LogP contribution in [0.3, 0.4) is 0 Å². The molecule has 0 bridgehead atoms. The lowest BCUT2D eigenvalue weighted by Crippen LogP contribution is -2.52. The summed E-state index contributed by atoms with van der Waals surface area (Å²) in [5.41, 5.74) is 1.37. The molecule has 2 amide bonds. The number of nitrogens with zero attached hydrogens (tertiary/aromatic N) is 4. The van der Waals surface area contributed by atoms with Crippen LogP contribution in [0.15, 0.2) is 36.5 Å². The molecule has 0 radical (unpaired) electrons. The van der Waals surface area contributed by atoms with Crippen molar-refractivity contribution in [1.29, 1.82) is 0 Å². The van der Waals surface area contributed by atoms with Crippen molar-refractivity contribution in [2.75, 3.05) is 57.4 Å². The lowest BCUT2D eigenvalue weighted by atomic mass is 10.1. The van der Waals surface area contributed by atoms with Gasteiger partial charge in [-0.3, -0.25) is 4.90 Å². The number of morpholine rings is 1. The highest BCUT2D eigenvalue weighted by molar-refractivity contribution is 6.33. The highest BCUT2D eigenvalue weighted by atomic mass is 35.5. The van der Waals surface area contributed by atoms with Crippen LogP contribution in [0, 0.1) is 0 Å². The van der Waals surface area contributed by atoms with E-state index >= 15 is 0 Å². The lowest BCUT2D eigenvalue weighted by molar-refractivity contribution is -0.137. The van der Waals surface area contributed by atoms with Gasteiger partial charge in [-0.15, -0.1) is 0 Å². The summed E-state index contributed by atoms with van der Waals surface area (Å²) in [7, 11) is 0. The fraction of sp³-hybridized carbons (Fsp3) is 0.478. The Hall–Kier alpha value is -2.56. The summed E-state index contributed by atoms with van der Waals surface area (Å²) in [5.74, 6) is 0.298. The van der Waals surface area contributed by atoms with Crippen molar-refractivity contribution < 1.29 is 22.7 Å². The Labute approximate surface area is 201 Å². The first-order valence-corrected chi connectivity index (χ1v) is 11.6. The number of piperazine rings is 1. The molecule has 0 atom stereocenters. The lowest BCUT2D eigenvalue weighted by Gasteiger charge is -2.35. The third-order valence-electron chi connectivity index (χ3n) is 6.06. The number of aromatic nitrogens is 1. The topological polar surface area (TPSA) is 60.9 Å². The molecule has 0 aliphatic carbocycles. The molecule has 1 aromatic carbocycles. The Morgan fingerprint density at radius 2 is 1.74 bits per heavy atom. The van der Waals surface area contributed by atoms with E-state index < -0.39 is 11.7 Å². The predicted molar refractivity (Wildman–Crippen MR) is 123 cm³/mol. The average molecular weight is 498 g/mol. The van der Waals surface area contributed by atoms with E-state index in [2.05, 4.69) is 21.3 Å². The maximum Gasteiger partial charge on any atom is 0.417 e. The molecule has 2 saturated heterocycles. The minimum absolute atomic E-state index is 0.0513. The number of carbonyl (C=O) groups excluding carboxylic acids is 1. The summed E-state index contributed by atoms with van der Waals surface area (Å²) in [4.78, 5) is 22.5. The monoisotopic (exact) mass is 497 g/mol. The van der Waals surface area contributed by atoms with Gasteiger partial charge in [-0.2, -0.15) is 13.2 Å². The standard InChI is InChI=1S/C23H27ClF3N5O2/c24-20-13-19(23(25,26)27)15-28-21(20)31-5-7-32(8-6-31)22(33)29-14-17-3-1-2-4-18(17)16-30-9-11-34-12-10-30/h1-4,13,15H,5-12,14,16H2,(H,29,33). The number of nitrogens with one attached hydrogen (secondary N) is 1. The molecule has 1 N–H and O–H groups in total. The van der Waals surface area contributed by atoms with Crippen LogP contribution < -0.4 is 10.2 Å². The van der Waals surface area contributed by atoms with Crippen molar-refractivity contribution in [1.82, 2.24) is 20.1 Å². The van der Waals surface area contributed by atoms with E-state index in [9.17, 15) is 18.0 Å². The largest absolute Gasteiger partial charge is 0.417 e. The van der Waals surface area contributed by atoms with Crippen LogP contribution in [0.1, 0.15) is 16.7 Å². The summed E-state index contributed by atoms with van der Waals surface area (Å²) in [5, 5.41) is 2.94. The van der Waals surface area contributed by atoms with Gasteiger partial charge in [-0.1, -0.05) is 35.9 Å². The van der Waals surface area contributed by atoms with Gasteiger partial charge >= 0.3 is 12.2 Å². The number of amides is 2. The molecule has 0 spiro atoms. The van der Waals surface area contributed by atoms with Gasteiger partial charge < -0.3 is 19.9 Å². The SMILES string of the molecule is O=C(NCc1ccccc1CN1CCOCC1)N1CCN(c2ncc(C(F)(F)F)cc2Cl)CC1. The van der Waals surface area contributed by atoms with Crippen molar-refractivity contribution >= 4 is 23.4 Å². The number of benzene rings is 1. The molecule has 34 heavy (non-hydrogen) atoms. The quantitative estimate of drug-likeness (QED) is 0.684. The molecule has 2 aliphatic rings. The third-order valence-corrected chi connectivity index (χ3v) is 6.34. The molecular formula is C23H27ClF3N5O2. The second-order valence-electron chi connectivity index (χ2n) is 8.32. The van der Waals surface area contributed by atoms with Gasteiger partial charge in [0.1, 0.15) is 5.82 Å². The Kier molecular flexibility index (Phi) is 7.80. The molecular weight excluding hydrogens is 471 g/mol. The predicted octanol–water partition coefficient (Wildman–Crippen LogP) is 3.62. The Morgan fingerprint density at radius 1 is 1.06 bits per heavy atom. The third kappa shape index (κ3) is 6.11. The molecule has 7 nitrogen and oxygen atoms in total. The van der Waals surface area contributed by atoms with Crippen LogP contribution >= 0.6 is 11.6 Å². The first-order valence-electron chi connectivity index (χ1n) is 11.2. The molecule has 184 valence electrons. The zero-order valence-corrected chi connectivity index (χ0v) is 19.4. The minimum Gasteiger partial charge on any atom is -0.379 e. The first-order chi connectivity index (χ1) is 16.3. The number of alkyl halides is 3. The zero-order valence-electron chi connectivity index (χ0n) is 18.7. The van der Waals surface area contributed by atoms with Crippen molar-refractivity contribution in [2.24, 2.45) is 0 Å². The number of urea groups is 1. The number of carbonyl (C=O) groups is 1. The number of halogens is 4. The maximum atomic E-state index is 12.8. The van der Waals surface area contributed by atoms with E-state index in [0.717, 1.165) is 50.7 Å². The first kappa shape index (κ1) is 24.6. The number of ether oxygens (including phenoxy) is 1. The fourth-order valence-corrected chi connectivity index (χ4v) is 4.39. The van der Waals surface area contributed by atoms with Gasteiger partial charge in [-0.25, -0.2) is 9.78 Å². The molecule has 11 heteroatoms. The van der Waals surface area contributed by atoms with E-state index in [1.54, 1.807) is 9.80 Å². The number of anilines is 1. The zero-order chi connectivity index (χ0) is 24.1. The number of hydrogen-bond acceptors (Lipinski definition) is 5. The Morgan fingerprint density at radius 3 is 2.38 bits per heavy atom. The van der Waals surface area contributed by atoms with Gasteiger partial charge in [0, 0.05) is 58.6 Å². The van der Waals surface area contributed by atoms with Crippen LogP contribution in [0.2, 0.25) is 5.02 Å². The highest BCUT2D eigenvalue weighted by Crippen LogP contribution is 2.33. The summed E-state index contributed by atoms with van der Waals surface area (Å²) >= 11 is 6.06. The van der Waals surface area contributed by atoms with Crippen molar-refractivity contribution in [2.45, 2.75) is 19.3 Å². The van der Waals surface area contributed by atoms with E-state index in [-0.39, 0.29) is 11.1 Å². The summed E-state index contributed by atoms with van der Waals surface area (Å²) in [6, 6.07) is 8.78. The Balaban J connectivity index is 1.29. The van der Waals surface area contributed by atoms with Crippen LogP contribution in [0.25, 0.3) is 0 Å². The van der Waals surface area contributed by atoms with Crippen LogP contribution in [-0.2, 0) is 24.0 Å². The molecule has 3 heterocycles. The van der Waals surface area contributed by atoms with E-state index in [4.69, 9.17) is 16.3 Å². The maximum absolute atomic E-state index is 12.8. The van der Waals surface area contributed by atoms with Crippen LogP contribution in [0.5, 0.6) is 0 Å². The number of rotatable bonds is 5. The summed E-state index contributed by atoms with van der Waals surface area (Å²) in [6.07, 6.45) is -3.71. The summed E-state index contributed by atoms with van der Waals surface area (Å²) < 4.78 is 44.0. The molecule has 2 fully saturated rings. The minimum atomic E-state index is -4.49. The van der Waals surface area contributed by atoms with Crippen LogP contribution in [-0.4, -0.2) is 73.3 Å². The molecule has 0 unspecified atom stereocenters. The van der Waals surface area contributed by atoms with Gasteiger partial charge in [0.25, 0.3) is 0 Å². The van der Waals surface area contributed by atoms with E-state index in [1.807, 2.05) is 18.2 Å². The second-order valence-corrected chi connectivity index (χ2v) is 8.72. The summed E-state index contributed by atoms with van der Waals surface area (Å²) in [6.45, 7) is 6.18. The molecule has 2 aromatic rings. The van der Waals surface area contributed by atoms with Gasteiger partial charge in [0.15, 0.2) is 0 Å². The molecule has 2 aliphatic heterocycles. The van der Waals surface area contributed by atoms with Gasteiger partial charge in [-0.05, 0) is 17.2 Å². The van der Waals surface area contributed by atoms with Crippen molar-refractivity contribution in [3.05, 3.63) is 58.2 Å². The normalized spacial score (nSPS) is 17.6. The van der Waals surface area contributed by atoms with Crippen molar-refractivity contribution in [3.63, 3.8) is 0 Å². The molecule has 1 aromatic heterocycles. The smallest absolute Gasteiger partial charge is 0.379 e. The number of hydrogen-bond donors (Lipinski definition) is 1. The van der Waals surface area contributed by atoms with Gasteiger partial charge in [0.2, 0.25) is 0 Å². The van der Waals surface area contributed by atoms with Crippen LogP contribution in [0.4, 0.5) is 23.8 Å². The van der Waals surface area contributed by atoms with Crippen molar-refractivity contribution in [3.8, 4) is 0 Å². The highest BCUT2D eigenvalue weighted by Gasteiger charge is 2.32. The molecule has 4 rings (SSSR count). The number of pyridine rings is 1. The van der Waals surface area contributed by atoms with E-state index in [0.29, 0.717) is 38.5 Å². The fourth-order valence-electron chi connectivity index (χ4n) is 4.11. The second kappa shape index (κ2) is 10.8. The average Bonchev–Trinajstić information content (AvgIpc) is 2.83. The molecule has 0 saturated carbocycles.